The highest BCUT2D eigenvalue weighted by molar-refractivity contribution is 6.07. The van der Waals surface area contributed by atoms with E-state index < -0.39 is 6.09 Å². The van der Waals surface area contributed by atoms with Crippen LogP contribution in [0.2, 0.25) is 0 Å². The third-order valence-electron chi connectivity index (χ3n) is 3.33. The minimum atomic E-state index is -0.432. The molecular formula is C15H20N2O3. The highest BCUT2D eigenvalue weighted by Crippen LogP contribution is 2.31. The number of hydrogen-bond donors (Lipinski definition) is 0. The topological polar surface area (TPSA) is 59.5 Å². The SMILES string of the molecule is CCC1CC(=O)c2ccc(C)nc2N1C(=O)OC(C)C. The Labute approximate surface area is 118 Å². The summed E-state index contributed by atoms with van der Waals surface area (Å²) in [4.78, 5) is 30.4. The van der Waals surface area contributed by atoms with Crippen LogP contribution in [0.3, 0.4) is 0 Å². The number of pyridine rings is 1. The van der Waals surface area contributed by atoms with Crippen molar-refractivity contribution < 1.29 is 14.3 Å². The summed E-state index contributed by atoms with van der Waals surface area (Å²) in [5.41, 5.74) is 1.27. The molecule has 0 N–H and O–H groups in total. The molecule has 1 aromatic rings. The Morgan fingerprint density at radius 3 is 2.80 bits per heavy atom. The molecule has 0 radical (unpaired) electrons. The van der Waals surface area contributed by atoms with Crippen molar-refractivity contribution in [2.24, 2.45) is 0 Å². The number of aryl methyl sites for hydroxylation is 1. The van der Waals surface area contributed by atoms with Crippen molar-refractivity contribution in [3.05, 3.63) is 23.4 Å². The van der Waals surface area contributed by atoms with Crippen molar-refractivity contribution in [3.8, 4) is 0 Å². The molecule has 108 valence electrons. The highest BCUT2D eigenvalue weighted by Gasteiger charge is 2.36. The van der Waals surface area contributed by atoms with Crippen molar-refractivity contribution in [2.45, 2.75) is 52.7 Å². The van der Waals surface area contributed by atoms with Crippen LogP contribution in [0.4, 0.5) is 10.6 Å². The Morgan fingerprint density at radius 2 is 2.20 bits per heavy atom. The lowest BCUT2D eigenvalue weighted by Gasteiger charge is -2.34. The summed E-state index contributed by atoms with van der Waals surface area (Å²) in [6, 6.07) is 3.34. The van der Waals surface area contributed by atoms with Gasteiger partial charge in [-0.3, -0.25) is 9.69 Å². The van der Waals surface area contributed by atoms with Crippen molar-refractivity contribution in [2.75, 3.05) is 4.90 Å². The molecule has 1 aliphatic rings. The predicted molar refractivity (Wildman–Crippen MR) is 76.1 cm³/mol. The van der Waals surface area contributed by atoms with Crippen LogP contribution in [0, 0.1) is 6.92 Å². The van der Waals surface area contributed by atoms with Gasteiger partial charge in [-0.25, -0.2) is 9.78 Å². The lowest BCUT2D eigenvalue weighted by molar-refractivity contribution is 0.0952. The molecule has 0 saturated heterocycles. The Kier molecular flexibility index (Phi) is 4.06. The number of nitrogens with zero attached hydrogens (tertiary/aromatic N) is 2. The van der Waals surface area contributed by atoms with E-state index in [0.29, 0.717) is 24.2 Å². The third-order valence-corrected chi connectivity index (χ3v) is 3.33. The van der Waals surface area contributed by atoms with Crippen LogP contribution in [-0.4, -0.2) is 29.0 Å². The number of anilines is 1. The maximum atomic E-state index is 12.3. The minimum absolute atomic E-state index is 0.0351. The predicted octanol–water partition coefficient (Wildman–Crippen LogP) is 3.11. The molecular weight excluding hydrogens is 256 g/mol. The van der Waals surface area contributed by atoms with Gasteiger partial charge in [0.25, 0.3) is 0 Å². The van der Waals surface area contributed by atoms with Gasteiger partial charge in [0.1, 0.15) is 5.82 Å². The second-order valence-electron chi connectivity index (χ2n) is 5.32. The molecule has 1 amide bonds. The fraction of sp³-hybridized carbons (Fsp3) is 0.533. The first-order valence-electron chi connectivity index (χ1n) is 6.94. The molecule has 0 bridgehead atoms. The molecule has 2 heterocycles. The van der Waals surface area contributed by atoms with Gasteiger partial charge in [0.15, 0.2) is 5.78 Å². The van der Waals surface area contributed by atoms with Crippen LogP contribution in [0.5, 0.6) is 0 Å². The number of amides is 1. The van der Waals surface area contributed by atoms with E-state index in [2.05, 4.69) is 4.98 Å². The van der Waals surface area contributed by atoms with Crippen LogP contribution in [0.1, 0.15) is 49.7 Å². The van der Waals surface area contributed by atoms with Gasteiger partial charge in [0, 0.05) is 18.2 Å². The van der Waals surface area contributed by atoms with Gasteiger partial charge in [-0.15, -0.1) is 0 Å². The van der Waals surface area contributed by atoms with Crippen molar-refractivity contribution >= 4 is 17.7 Å². The molecule has 20 heavy (non-hydrogen) atoms. The van der Waals surface area contributed by atoms with E-state index in [-0.39, 0.29) is 17.9 Å². The second-order valence-corrected chi connectivity index (χ2v) is 5.32. The number of aromatic nitrogens is 1. The van der Waals surface area contributed by atoms with Crippen molar-refractivity contribution in [1.82, 2.24) is 4.98 Å². The molecule has 1 aromatic heterocycles. The molecule has 0 fully saturated rings. The first-order valence-corrected chi connectivity index (χ1v) is 6.94. The van der Waals surface area contributed by atoms with Gasteiger partial charge < -0.3 is 4.74 Å². The number of carbonyl (C=O) groups excluding carboxylic acids is 2. The Bertz CT molecular complexity index is 540. The first kappa shape index (κ1) is 14.5. The summed E-state index contributed by atoms with van der Waals surface area (Å²) < 4.78 is 5.29. The number of carbonyl (C=O) groups is 2. The van der Waals surface area contributed by atoms with Crippen molar-refractivity contribution in [3.63, 3.8) is 0 Å². The van der Waals surface area contributed by atoms with E-state index in [0.717, 1.165) is 5.69 Å². The average Bonchev–Trinajstić information content (AvgIpc) is 2.36. The molecule has 1 atom stereocenters. The Morgan fingerprint density at radius 1 is 1.50 bits per heavy atom. The second kappa shape index (κ2) is 5.61. The zero-order valence-electron chi connectivity index (χ0n) is 12.3. The smallest absolute Gasteiger partial charge is 0.416 e. The normalized spacial score (nSPS) is 18.1. The molecule has 0 spiro atoms. The number of fused-ring (bicyclic) bond motifs is 1. The lowest BCUT2D eigenvalue weighted by atomic mass is 9.96. The van der Waals surface area contributed by atoms with E-state index in [1.807, 2.05) is 13.8 Å². The van der Waals surface area contributed by atoms with Crippen molar-refractivity contribution in [1.29, 1.82) is 0 Å². The van der Waals surface area contributed by atoms with E-state index in [4.69, 9.17) is 4.74 Å². The van der Waals surface area contributed by atoms with Crippen LogP contribution in [0.15, 0.2) is 12.1 Å². The first-order chi connectivity index (χ1) is 9.43. The van der Waals surface area contributed by atoms with E-state index in [1.54, 1.807) is 26.0 Å². The fourth-order valence-electron chi connectivity index (χ4n) is 2.35. The van der Waals surface area contributed by atoms with Gasteiger partial charge in [0.05, 0.1) is 11.7 Å². The number of ether oxygens (including phenoxy) is 1. The maximum absolute atomic E-state index is 12.3. The standard InChI is InChI=1S/C15H20N2O3/c1-5-11-8-13(18)12-7-6-10(4)16-14(12)17(11)15(19)20-9(2)3/h6-7,9,11H,5,8H2,1-4H3. The van der Waals surface area contributed by atoms with E-state index >= 15 is 0 Å². The lowest BCUT2D eigenvalue weighted by Crippen LogP contribution is -2.46. The van der Waals surface area contributed by atoms with Gasteiger partial charge >= 0.3 is 6.09 Å². The molecule has 5 nitrogen and oxygen atoms in total. The number of hydrogen-bond acceptors (Lipinski definition) is 4. The molecule has 5 heteroatoms. The largest absolute Gasteiger partial charge is 0.446 e. The molecule has 1 unspecified atom stereocenters. The van der Waals surface area contributed by atoms with Gasteiger partial charge in [-0.1, -0.05) is 6.92 Å². The fourth-order valence-corrected chi connectivity index (χ4v) is 2.35. The number of rotatable bonds is 2. The number of ketones is 1. The summed E-state index contributed by atoms with van der Waals surface area (Å²) in [5.74, 6) is 0.465. The highest BCUT2D eigenvalue weighted by atomic mass is 16.6. The molecule has 0 aliphatic carbocycles. The van der Waals surface area contributed by atoms with Crippen LogP contribution in [-0.2, 0) is 4.74 Å². The average molecular weight is 276 g/mol. The molecule has 1 aliphatic heterocycles. The summed E-state index contributed by atoms with van der Waals surface area (Å²) >= 11 is 0. The summed E-state index contributed by atoms with van der Waals surface area (Å²) in [6.07, 6.45) is 0.375. The molecule has 2 rings (SSSR count). The van der Waals surface area contributed by atoms with Gasteiger partial charge in [-0.2, -0.15) is 0 Å². The Balaban J connectivity index is 2.46. The van der Waals surface area contributed by atoms with Crippen LogP contribution >= 0.6 is 0 Å². The van der Waals surface area contributed by atoms with E-state index in [9.17, 15) is 9.59 Å². The summed E-state index contributed by atoms with van der Waals surface area (Å²) in [7, 11) is 0. The zero-order valence-corrected chi connectivity index (χ0v) is 12.3. The quantitative estimate of drug-likeness (QED) is 0.832. The summed E-state index contributed by atoms with van der Waals surface area (Å²) in [6.45, 7) is 7.40. The zero-order chi connectivity index (χ0) is 14.9. The van der Waals surface area contributed by atoms with Crippen LogP contribution in [0.25, 0.3) is 0 Å². The Hall–Kier alpha value is -1.91. The summed E-state index contributed by atoms with van der Waals surface area (Å²) in [5, 5.41) is 0. The molecule has 0 aromatic carbocycles. The third kappa shape index (κ3) is 2.66. The van der Waals surface area contributed by atoms with Gasteiger partial charge in [-0.05, 0) is 39.3 Å². The van der Waals surface area contributed by atoms with E-state index in [1.165, 1.54) is 4.90 Å². The maximum Gasteiger partial charge on any atom is 0.416 e. The minimum Gasteiger partial charge on any atom is -0.446 e. The molecule has 0 saturated carbocycles. The monoisotopic (exact) mass is 276 g/mol. The van der Waals surface area contributed by atoms with Crippen LogP contribution < -0.4 is 4.90 Å². The number of Topliss-reactive ketones (excluding diaryl/α,β-unsaturated/α-hetero) is 1. The van der Waals surface area contributed by atoms with Gasteiger partial charge in [0.2, 0.25) is 0 Å².